The molecule has 2 N–H and O–H groups in total. The van der Waals surface area contributed by atoms with E-state index in [0.717, 1.165) is 69.4 Å². The molecule has 3 heterocycles. The van der Waals surface area contributed by atoms with Gasteiger partial charge in [-0.3, -0.25) is 24.4 Å². The Kier molecular flexibility index (Phi) is 13.2. The number of likely N-dealkylation sites (N-methyl/N-ethyl adjacent to an activating group) is 2. The van der Waals surface area contributed by atoms with E-state index in [1.807, 2.05) is 133 Å². The first-order valence-corrected chi connectivity index (χ1v) is 19.3. The van der Waals surface area contributed by atoms with Crippen molar-refractivity contribution < 1.29 is 12.4 Å². The van der Waals surface area contributed by atoms with Gasteiger partial charge in [0.05, 0.1) is 42.6 Å². The Bertz CT molecular complexity index is 2000. The van der Waals surface area contributed by atoms with Gasteiger partial charge in [-0.1, -0.05) is 98.8 Å². The molecular formula is C45H57N9O2. The zero-order valence-corrected chi connectivity index (χ0v) is 33.3. The number of H-pyrrole nitrogens is 2. The molecule has 11 heteroatoms. The van der Waals surface area contributed by atoms with Crippen LogP contribution in [0.4, 0.5) is 0 Å². The molecule has 6 aromatic rings. The smallest absolute Gasteiger partial charge is 0.244 e. The topological polar surface area (TPSA) is 117 Å². The second kappa shape index (κ2) is 18.6. The summed E-state index contributed by atoms with van der Waals surface area (Å²) in [7, 11) is 7.75. The van der Waals surface area contributed by atoms with Gasteiger partial charge in [-0.05, 0) is 69.9 Å². The van der Waals surface area contributed by atoms with Crippen LogP contribution in [0.2, 0.25) is 0 Å². The summed E-state index contributed by atoms with van der Waals surface area (Å²) in [4.78, 5) is 56.2. The standard InChI is InChI=1S/C45H53N9O2.2H2/c1-7-25-53(44(55)42(51(3)4)34-15-11-9-12-16-34)30-40-47-28-38(49-40)33-21-19-32(20-22-33)37-24-23-36(27-46-37)39-29-48-41(50-39)31-54(26-8-2)45(56)43(52(5)6)35-17-13-10-14-18-35;;/h9-24,27-29,42-43H,7-8,25-26,30-31H2,1-6H3,(H,47,49)(H,48,50);2*1H/t42-,43-;;/m1../s1. The molecule has 0 fully saturated rings. The molecule has 3 aromatic carbocycles. The van der Waals surface area contributed by atoms with Crippen molar-refractivity contribution in [3.63, 3.8) is 0 Å². The van der Waals surface area contributed by atoms with Gasteiger partial charge < -0.3 is 19.8 Å². The highest BCUT2D eigenvalue weighted by Crippen LogP contribution is 2.27. The highest BCUT2D eigenvalue weighted by Gasteiger charge is 2.29. The van der Waals surface area contributed by atoms with Crippen LogP contribution < -0.4 is 0 Å². The van der Waals surface area contributed by atoms with Crippen molar-refractivity contribution in [3.05, 3.63) is 138 Å². The van der Waals surface area contributed by atoms with Crippen LogP contribution in [0.15, 0.2) is 116 Å². The van der Waals surface area contributed by atoms with E-state index in [0.29, 0.717) is 26.2 Å². The minimum absolute atomic E-state index is 0. The molecule has 294 valence electrons. The lowest BCUT2D eigenvalue weighted by molar-refractivity contribution is -0.138. The number of hydrogen-bond donors (Lipinski definition) is 2. The number of amides is 2. The summed E-state index contributed by atoms with van der Waals surface area (Å²) in [6.07, 6.45) is 7.16. The first kappa shape index (κ1) is 39.8. The molecule has 0 unspecified atom stereocenters. The molecule has 0 saturated carbocycles. The molecule has 2 atom stereocenters. The van der Waals surface area contributed by atoms with Crippen LogP contribution in [0.25, 0.3) is 33.8 Å². The number of aromatic amines is 2. The van der Waals surface area contributed by atoms with Crippen molar-refractivity contribution in [2.75, 3.05) is 41.3 Å². The monoisotopic (exact) mass is 755 g/mol. The van der Waals surface area contributed by atoms with Crippen LogP contribution in [-0.4, -0.2) is 97.6 Å². The van der Waals surface area contributed by atoms with Crippen LogP contribution >= 0.6 is 0 Å². The van der Waals surface area contributed by atoms with Crippen molar-refractivity contribution in [2.24, 2.45) is 0 Å². The SMILES string of the molecule is CCCN(Cc1ncc(-c2ccc(-c3ccc(-c4cnc(CN(CCC)C(=O)[C@@H](c5ccccc5)N(C)C)[nH]4)cn3)cc2)[nH]1)C(=O)[C@@H](c1ccccc1)N(C)C.[HH].[HH]. The second-order valence-electron chi connectivity index (χ2n) is 14.6. The minimum Gasteiger partial charge on any atom is -0.341 e. The van der Waals surface area contributed by atoms with Crippen molar-refractivity contribution in [3.8, 4) is 33.8 Å². The first-order chi connectivity index (χ1) is 27.2. The molecule has 0 aliphatic rings. The molecule has 0 aliphatic heterocycles. The van der Waals surface area contributed by atoms with E-state index >= 15 is 0 Å². The average Bonchev–Trinajstić information content (AvgIpc) is 3.88. The van der Waals surface area contributed by atoms with E-state index in [-0.39, 0.29) is 26.8 Å². The summed E-state index contributed by atoms with van der Waals surface area (Å²) in [5.41, 5.74) is 7.42. The van der Waals surface area contributed by atoms with E-state index in [2.05, 4.69) is 58.0 Å². The lowest BCUT2D eigenvalue weighted by Gasteiger charge is -2.30. The number of carbonyl (C=O) groups is 2. The predicted molar refractivity (Wildman–Crippen MR) is 226 cm³/mol. The highest BCUT2D eigenvalue weighted by atomic mass is 16.2. The van der Waals surface area contributed by atoms with Gasteiger partial charge in [-0.25, -0.2) is 9.97 Å². The van der Waals surface area contributed by atoms with Gasteiger partial charge in [0, 0.05) is 33.3 Å². The molecule has 0 radical (unpaired) electrons. The van der Waals surface area contributed by atoms with Crippen molar-refractivity contribution in [1.29, 1.82) is 0 Å². The summed E-state index contributed by atoms with van der Waals surface area (Å²) in [6.45, 7) is 6.22. The molecule has 6 rings (SSSR count). The van der Waals surface area contributed by atoms with Crippen molar-refractivity contribution in [2.45, 2.75) is 51.9 Å². The van der Waals surface area contributed by atoms with E-state index in [9.17, 15) is 9.59 Å². The van der Waals surface area contributed by atoms with Gasteiger partial charge in [0.1, 0.15) is 23.7 Å². The lowest BCUT2D eigenvalue weighted by atomic mass is 10.0. The highest BCUT2D eigenvalue weighted by molar-refractivity contribution is 5.84. The quantitative estimate of drug-likeness (QED) is 0.0967. The maximum atomic E-state index is 13.8. The van der Waals surface area contributed by atoms with E-state index in [4.69, 9.17) is 4.98 Å². The van der Waals surface area contributed by atoms with Crippen molar-refractivity contribution >= 4 is 11.8 Å². The Morgan fingerprint density at radius 2 is 0.982 bits per heavy atom. The lowest BCUT2D eigenvalue weighted by Crippen LogP contribution is -2.40. The summed E-state index contributed by atoms with van der Waals surface area (Å²) < 4.78 is 0. The van der Waals surface area contributed by atoms with Gasteiger partial charge in [-0.2, -0.15) is 0 Å². The number of rotatable bonds is 17. The van der Waals surface area contributed by atoms with E-state index in [1.165, 1.54) is 0 Å². The third-order valence-electron chi connectivity index (χ3n) is 9.85. The fourth-order valence-corrected chi connectivity index (χ4v) is 7.10. The van der Waals surface area contributed by atoms with Crippen LogP contribution in [0, 0.1) is 0 Å². The van der Waals surface area contributed by atoms with Crippen LogP contribution in [-0.2, 0) is 22.7 Å². The number of nitrogens with zero attached hydrogens (tertiary/aromatic N) is 7. The molecule has 2 amide bonds. The third kappa shape index (κ3) is 9.47. The molecule has 0 saturated heterocycles. The average molecular weight is 756 g/mol. The Hall–Kier alpha value is -5.91. The normalized spacial score (nSPS) is 12.5. The number of imidazole rings is 2. The number of hydrogen-bond acceptors (Lipinski definition) is 7. The number of carbonyl (C=O) groups excluding carboxylic acids is 2. The third-order valence-corrected chi connectivity index (χ3v) is 9.85. The Morgan fingerprint density at radius 1 is 0.554 bits per heavy atom. The van der Waals surface area contributed by atoms with Crippen LogP contribution in [0.5, 0.6) is 0 Å². The molecular weight excluding hydrogens is 699 g/mol. The van der Waals surface area contributed by atoms with Crippen molar-refractivity contribution in [1.82, 2.24) is 44.5 Å². The Balaban J connectivity index is 0.00000372. The summed E-state index contributed by atoms with van der Waals surface area (Å²) in [6, 6.07) is 31.3. The van der Waals surface area contributed by atoms with E-state index in [1.54, 1.807) is 6.20 Å². The largest absolute Gasteiger partial charge is 0.341 e. The fourth-order valence-electron chi connectivity index (χ4n) is 7.10. The molecule has 11 nitrogen and oxygen atoms in total. The first-order valence-electron chi connectivity index (χ1n) is 19.3. The maximum absolute atomic E-state index is 13.8. The fraction of sp³-hybridized carbons (Fsp3) is 0.311. The number of benzene rings is 3. The zero-order chi connectivity index (χ0) is 39.6. The molecule has 56 heavy (non-hydrogen) atoms. The molecule has 0 aliphatic carbocycles. The Labute approximate surface area is 333 Å². The van der Waals surface area contributed by atoms with Gasteiger partial charge in [0.2, 0.25) is 11.8 Å². The molecule has 0 spiro atoms. The minimum atomic E-state index is -0.375. The van der Waals surface area contributed by atoms with Crippen LogP contribution in [0.3, 0.4) is 0 Å². The van der Waals surface area contributed by atoms with Gasteiger partial charge >= 0.3 is 0 Å². The van der Waals surface area contributed by atoms with Gasteiger partial charge in [-0.15, -0.1) is 0 Å². The summed E-state index contributed by atoms with van der Waals surface area (Å²) in [5, 5.41) is 0. The molecule has 3 aromatic heterocycles. The number of nitrogens with one attached hydrogen (secondary N) is 2. The van der Waals surface area contributed by atoms with E-state index < -0.39 is 0 Å². The summed E-state index contributed by atoms with van der Waals surface area (Å²) in [5.74, 6) is 1.57. The summed E-state index contributed by atoms with van der Waals surface area (Å²) >= 11 is 0. The van der Waals surface area contributed by atoms with Gasteiger partial charge in [0.15, 0.2) is 0 Å². The predicted octanol–water partition coefficient (Wildman–Crippen LogP) is 8.10. The molecule has 0 bridgehead atoms. The number of pyridine rings is 1. The van der Waals surface area contributed by atoms with Crippen LogP contribution in [0.1, 0.15) is 64.4 Å². The number of aromatic nitrogens is 5. The maximum Gasteiger partial charge on any atom is 0.244 e. The second-order valence-corrected chi connectivity index (χ2v) is 14.6. The Morgan fingerprint density at radius 3 is 1.39 bits per heavy atom. The zero-order valence-electron chi connectivity index (χ0n) is 33.3. The van der Waals surface area contributed by atoms with Gasteiger partial charge in [0.25, 0.3) is 0 Å².